The molecular formula is C14H15F3OS. The third kappa shape index (κ3) is 4.28. The lowest BCUT2D eigenvalue weighted by molar-refractivity contribution is -0.0328. The second kappa shape index (κ2) is 6.01. The lowest BCUT2D eigenvalue weighted by atomic mass is 9.92. The molecule has 5 heteroatoms. The normalized spacial score (nSPS) is 18.0. The van der Waals surface area contributed by atoms with Crippen LogP contribution in [-0.2, 0) is 0 Å². The van der Waals surface area contributed by atoms with E-state index in [1.165, 1.54) is 12.1 Å². The Balaban J connectivity index is 2.07. The maximum Gasteiger partial charge on any atom is 0.446 e. The number of alkyl halides is 3. The molecule has 1 aliphatic carbocycles. The van der Waals surface area contributed by atoms with Gasteiger partial charge in [-0.15, -0.1) is 0 Å². The van der Waals surface area contributed by atoms with Crippen LogP contribution in [0.2, 0.25) is 0 Å². The van der Waals surface area contributed by atoms with Crippen molar-refractivity contribution in [3.05, 3.63) is 41.5 Å². The maximum absolute atomic E-state index is 12.2. The zero-order valence-electron chi connectivity index (χ0n) is 10.3. The van der Waals surface area contributed by atoms with Gasteiger partial charge in [-0.25, -0.2) is 0 Å². The molecule has 0 heterocycles. The van der Waals surface area contributed by atoms with Crippen LogP contribution in [0.1, 0.15) is 37.4 Å². The predicted octanol–water partition coefficient (Wildman–Crippen LogP) is 4.83. The highest BCUT2D eigenvalue weighted by atomic mass is 32.2. The van der Waals surface area contributed by atoms with E-state index in [9.17, 15) is 18.3 Å². The van der Waals surface area contributed by atoms with Gasteiger partial charge in [-0.1, -0.05) is 18.2 Å². The molecule has 2 rings (SSSR count). The van der Waals surface area contributed by atoms with Crippen LogP contribution < -0.4 is 0 Å². The van der Waals surface area contributed by atoms with Crippen LogP contribution in [0, 0.1) is 0 Å². The van der Waals surface area contributed by atoms with E-state index in [4.69, 9.17) is 0 Å². The fraction of sp³-hybridized carbons (Fsp3) is 0.429. The van der Waals surface area contributed by atoms with Crippen LogP contribution in [0.5, 0.6) is 0 Å². The van der Waals surface area contributed by atoms with Crippen molar-refractivity contribution in [3.8, 4) is 0 Å². The summed E-state index contributed by atoms with van der Waals surface area (Å²) in [5.41, 5.74) is -2.64. The monoisotopic (exact) mass is 288 g/mol. The molecular weight excluding hydrogens is 273 g/mol. The molecule has 1 aromatic carbocycles. The first-order valence-corrected chi connectivity index (χ1v) is 7.00. The summed E-state index contributed by atoms with van der Waals surface area (Å²) < 4.78 is 36.6. The lowest BCUT2D eigenvalue weighted by Crippen LogP contribution is -2.05. The molecule has 1 atom stereocenters. The highest BCUT2D eigenvalue weighted by molar-refractivity contribution is 8.00. The van der Waals surface area contributed by atoms with Gasteiger partial charge in [-0.2, -0.15) is 13.2 Å². The number of halogens is 3. The Kier molecular flexibility index (Phi) is 4.58. The molecule has 104 valence electrons. The first-order valence-electron chi connectivity index (χ1n) is 6.18. The first-order chi connectivity index (χ1) is 8.96. The van der Waals surface area contributed by atoms with Crippen molar-refractivity contribution < 1.29 is 18.3 Å². The van der Waals surface area contributed by atoms with Crippen LogP contribution in [0.15, 0.2) is 40.8 Å². The number of allylic oxidation sites excluding steroid dienone is 1. The first kappa shape index (κ1) is 14.5. The second-order valence-corrected chi connectivity index (χ2v) is 5.68. The predicted molar refractivity (Wildman–Crippen MR) is 69.9 cm³/mol. The average molecular weight is 288 g/mol. The van der Waals surface area contributed by atoms with Crippen LogP contribution in [0.25, 0.3) is 0 Å². The zero-order chi connectivity index (χ0) is 13.9. The van der Waals surface area contributed by atoms with Gasteiger partial charge in [0.25, 0.3) is 0 Å². The number of aliphatic hydroxyl groups is 1. The van der Waals surface area contributed by atoms with E-state index in [-0.39, 0.29) is 16.7 Å². The minimum absolute atomic E-state index is 0.140. The number of thioether (sulfide) groups is 1. The topological polar surface area (TPSA) is 20.2 Å². The number of hydrogen-bond acceptors (Lipinski definition) is 2. The van der Waals surface area contributed by atoms with Crippen molar-refractivity contribution in [1.82, 2.24) is 0 Å². The molecule has 0 aromatic heterocycles. The second-order valence-electron chi connectivity index (χ2n) is 4.54. The molecule has 19 heavy (non-hydrogen) atoms. The van der Waals surface area contributed by atoms with Crippen molar-refractivity contribution in [1.29, 1.82) is 0 Å². The molecule has 0 amide bonds. The van der Waals surface area contributed by atoms with Crippen LogP contribution in [0.3, 0.4) is 0 Å². The Bertz CT molecular complexity index is 451. The summed E-state index contributed by atoms with van der Waals surface area (Å²) in [5.74, 6) is 0. The summed E-state index contributed by atoms with van der Waals surface area (Å²) in [6, 6.07) is 5.93. The molecule has 1 nitrogen and oxygen atoms in total. The fourth-order valence-corrected chi connectivity index (χ4v) is 2.72. The van der Waals surface area contributed by atoms with Gasteiger partial charge >= 0.3 is 5.51 Å². The van der Waals surface area contributed by atoms with Gasteiger partial charge in [0.05, 0.1) is 0 Å². The molecule has 1 aliphatic rings. The highest BCUT2D eigenvalue weighted by Gasteiger charge is 2.29. The fourth-order valence-electron chi connectivity index (χ4n) is 2.18. The van der Waals surface area contributed by atoms with Crippen LogP contribution in [0.4, 0.5) is 13.2 Å². The van der Waals surface area contributed by atoms with E-state index in [2.05, 4.69) is 0 Å². The minimum Gasteiger partial charge on any atom is -0.384 e. The Morgan fingerprint density at radius 2 is 1.79 bits per heavy atom. The smallest absolute Gasteiger partial charge is 0.384 e. The average Bonchev–Trinajstić information content (AvgIpc) is 2.38. The van der Waals surface area contributed by atoms with Crippen molar-refractivity contribution in [2.24, 2.45) is 0 Å². The summed E-state index contributed by atoms with van der Waals surface area (Å²) in [7, 11) is 0. The molecule has 1 N–H and O–H groups in total. The summed E-state index contributed by atoms with van der Waals surface area (Å²) >= 11 is -0.140. The molecule has 1 aromatic rings. The molecule has 0 bridgehead atoms. The quantitative estimate of drug-likeness (QED) is 0.635. The summed E-state index contributed by atoms with van der Waals surface area (Å²) in [6.45, 7) is 0. The third-order valence-electron chi connectivity index (χ3n) is 3.11. The Morgan fingerprint density at radius 1 is 1.11 bits per heavy atom. The number of benzene rings is 1. The zero-order valence-corrected chi connectivity index (χ0v) is 11.1. The van der Waals surface area contributed by atoms with Crippen molar-refractivity contribution in [2.45, 2.75) is 42.2 Å². The van der Waals surface area contributed by atoms with E-state index >= 15 is 0 Å². The summed E-state index contributed by atoms with van der Waals surface area (Å²) in [5, 5.41) is 10.2. The highest BCUT2D eigenvalue weighted by Crippen LogP contribution is 2.37. The Morgan fingerprint density at radius 3 is 2.32 bits per heavy atom. The molecule has 0 saturated heterocycles. The Hall–Kier alpha value is -0.940. The summed E-state index contributed by atoms with van der Waals surface area (Å²) in [4.78, 5) is 0.140. The van der Waals surface area contributed by atoms with Gasteiger partial charge < -0.3 is 5.11 Å². The van der Waals surface area contributed by atoms with Gasteiger partial charge in [0, 0.05) is 4.90 Å². The van der Waals surface area contributed by atoms with Gasteiger partial charge in [0.15, 0.2) is 0 Å². The largest absolute Gasteiger partial charge is 0.446 e. The van der Waals surface area contributed by atoms with Gasteiger partial charge in [0.1, 0.15) is 6.10 Å². The van der Waals surface area contributed by atoms with Gasteiger partial charge in [-0.05, 0) is 60.7 Å². The number of hydrogen-bond donors (Lipinski definition) is 1. The molecule has 0 spiro atoms. The van der Waals surface area contributed by atoms with Gasteiger partial charge in [0.2, 0.25) is 0 Å². The van der Waals surface area contributed by atoms with Crippen molar-refractivity contribution >= 4 is 11.8 Å². The van der Waals surface area contributed by atoms with Crippen molar-refractivity contribution in [2.75, 3.05) is 0 Å². The molecule has 0 radical (unpaired) electrons. The lowest BCUT2D eigenvalue weighted by Gasteiger charge is -2.19. The standard InChI is InChI=1S/C14H15F3OS/c15-14(16,17)19-12-8-6-11(7-9-12)13(18)10-4-2-1-3-5-10/h4,6-9,13,18H,1-3,5H2. The molecule has 1 unspecified atom stereocenters. The summed E-state index contributed by atoms with van der Waals surface area (Å²) in [6.07, 6.45) is 5.37. The van der Waals surface area contributed by atoms with Crippen LogP contribution in [-0.4, -0.2) is 10.6 Å². The molecule has 0 aliphatic heterocycles. The van der Waals surface area contributed by atoms with E-state index in [0.29, 0.717) is 5.56 Å². The van der Waals surface area contributed by atoms with E-state index in [1.807, 2.05) is 6.08 Å². The molecule has 0 fully saturated rings. The van der Waals surface area contributed by atoms with Gasteiger partial charge in [-0.3, -0.25) is 0 Å². The maximum atomic E-state index is 12.2. The third-order valence-corrected chi connectivity index (χ3v) is 3.85. The van der Waals surface area contributed by atoms with Crippen molar-refractivity contribution in [3.63, 3.8) is 0 Å². The SMILES string of the molecule is OC(C1=CCCCC1)c1ccc(SC(F)(F)F)cc1. The number of aliphatic hydroxyl groups excluding tert-OH is 1. The molecule has 0 saturated carbocycles. The minimum atomic E-state index is -4.27. The van der Waals surface area contributed by atoms with E-state index in [0.717, 1.165) is 31.3 Å². The van der Waals surface area contributed by atoms with Crippen LogP contribution >= 0.6 is 11.8 Å². The number of rotatable bonds is 3. The van der Waals surface area contributed by atoms with E-state index < -0.39 is 11.6 Å². The van der Waals surface area contributed by atoms with E-state index in [1.54, 1.807) is 12.1 Å². The Labute approximate surface area is 114 Å².